The number of aromatic nitrogens is 1. The maximum atomic E-state index is 13.1. The predicted octanol–water partition coefficient (Wildman–Crippen LogP) is 3.63. The van der Waals surface area contributed by atoms with Crippen molar-refractivity contribution in [2.75, 3.05) is 13.7 Å². The number of benzene rings is 1. The Hall–Kier alpha value is -3.36. The second-order valence-corrected chi connectivity index (χ2v) is 6.85. The first-order valence-electron chi connectivity index (χ1n) is 9.23. The average Bonchev–Trinajstić information content (AvgIpc) is 3.19. The summed E-state index contributed by atoms with van der Waals surface area (Å²) < 4.78 is 50.4. The Morgan fingerprint density at radius 1 is 1.23 bits per heavy atom. The van der Waals surface area contributed by atoms with Crippen molar-refractivity contribution < 1.29 is 27.4 Å². The van der Waals surface area contributed by atoms with Gasteiger partial charge in [-0.25, -0.2) is 0 Å². The first-order chi connectivity index (χ1) is 14.4. The molecule has 0 aliphatic carbocycles. The highest BCUT2D eigenvalue weighted by Crippen LogP contribution is 2.38. The van der Waals surface area contributed by atoms with Crippen molar-refractivity contribution in [2.24, 2.45) is 4.99 Å². The Morgan fingerprint density at radius 3 is 2.83 bits per heavy atom. The van der Waals surface area contributed by atoms with Gasteiger partial charge in [0.25, 0.3) is 0 Å². The summed E-state index contributed by atoms with van der Waals surface area (Å²) in [4.78, 5) is 20.1. The molecule has 1 fully saturated rings. The molecule has 2 aliphatic rings. The van der Waals surface area contributed by atoms with Crippen molar-refractivity contribution in [3.8, 4) is 11.5 Å². The van der Waals surface area contributed by atoms with Gasteiger partial charge in [0.05, 0.1) is 24.9 Å². The molecule has 1 aromatic heterocycles. The highest BCUT2D eigenvalue weighted by Gasteiger charge is 2.34. The number of nitrogens with one attached hydrogen (secondary N) is 1. The van der Waals surface area contributed by atoms with Crippen LogP contribution < -0.4 is 14.8 Å². The minimum atomic E-state index is -4.52. The minimum absolute atomic E-state index is 0.119. The molecule has 1 atom stereocenters. The standard InChI is InChI=1S/C21H18F3N3O3/c1-29-18-9-12(14-10-19(28)27-20-13(14)6-8-26-20)4-5-17(18)30-11-16-15(21(22,23)24)3-2-7-25-16/h2-7,9,14H,8,10-11H2,1H3,(H,26,27,28). The van der Waals surface area contributed by atoms with Crippen LogP contribution in [0.3, 0.4) is 0 Å². The second-order valence-electron chi connectivity index (χ2n) is 6.85. The van der Waals surface area contributed by atoms with E-state index in [0.29, 0.717) is 18.1 Å². The van der Waals surface area contributed by atoms with Crippen LogP contribution in [0.15, 0.2) is 53.2 Å². The molecule has 1 amide bonds. The van der Waals surface area contributed by atoms with Crippen LogP contribution in [-0.4, -0.2) is 30.4 Å². The zero-order chi connectivity index (χ0) is 21.3. The van der Waals surface area contributed by atoms with Crippen molar-refractivity contribution in [3.05, 3.63) is 65.0 Å². The number of fused-ring (bicyclic) bond motifs is 1. The maximum absolute atomic E-state index is 13.1. The number of pyridine rings is 1. The van der Waals surface area contributed by atoms with Crippen LogP contribution in [0, 0.1) is 0 Å². The smallest absolute Gasteiger partial charge is 0.418 e. The van der Waals surface area contributed by atoms with E-state index < -0.39 is 11.7 Å². The monoisotopic (exact) mass is 417 g/mol. The molecular weight excluding hydrogens is 399 g/mol. The third-order valence-electron chi connectivity index (χ3n) is 5.01. The van der Waals surface area contributed by atoms with Crippen LogP contribution >= 0.6 is 0 Å². The van der Waals surface area contributed by atoms with E-state index in [-0.39, 0.29) is 36.3 Å². The van der Waals surface area contributed by atoms with Gasteiger partial charge in [0, 0.05) is 24.1 Å². The molecule has 3 heterocycles. The van der Waals surface area contributed by atoms with Crippen molar-refractivity contribution in [1.82, 2.24) is 10.3 Å². The summed E-state index contributed by atoms with van der Waals surface area (Å²) in [6.45, 7) is 0.157. The van der Waals surface area contributed by atoms with Crippen LogP contribution in [0.25, 0.3) is 0 Å². The third-order valence-corrected chi connectivity index (χ3v) is 5.01. The Morgan fingerprint density at radius 2 is 2.07 bits per heavy atom. The van der Waals surface area contributed by atoms with Gasteiger partial charge in [0.1, 0.15) is 12.4 Å². The number of methoxy groups -OCH3 is 1. The fraction of sp³-hybridized carbons (Fsp3) is 0.286. The van der Waals surface area contributed by atoms with Crippen molar-refractivity contribution in [3.63, 3.8) is 0 Å². The number of hydrogen-bond donors (Lipinski definition) is 1. The fourth-order valence-electron chi connectivity index (χ4n) is 3.60. The van der Waals surface area contributed by atoms with Crippen molar-refractivity contribution in [2.45, 2.75) is 25.1 Å². The van der Waals surface area contributed by atoms with Gasteiger partial charge in [-0.3, -0.25) is 14.8 Å². The second kappa shape index (κ2) is 7.81. The molecule has 9 heteroatoms. The Balaban J connectivity index is 1.57. The average molecular weight is 417 g/mol. The highest BCUT2D eigenvalue weighted by molar-refractivity contribution is 6.12. The summed E-state index contributed by atoms with van der Waals surface area (Å²) in [5.41, 5.74) is 0.739. The molecule has 30 heavy (non-hydrogen) atoms. The van der Waals surface area contributed by atoms with Gasteiger partial charge in [0.2, 0.25) is 5.91 Å². The van der Waals surface area contributed by atoms with Crippen LogP contribution in [0.5, 0.6) is 11.5 Å². The number of aliphatic imine (C=N–C) groups is 1. The number of carbonyl (C=O) groups is 1. The molecule has 1 saturated heterocycles. The van der Waals surface area contributed by atoms with Crippen LogP contribution in [0.4, 0.5) is 13.2 Å². The van der Waals surface area contributed by atoms with E-state index in [1.54, 1.807) is 18.2 Å². The van der Waals surface area contributed by atoms with Crippen LogP contribution in [0.1, 0.15) is 29.2 Å². The van der Waals surface area contributed by atoms with Gasteiger partial charge in [-0.05, 0) is 29.8 Å². The summed E-state index contributed by atoms with van der Waals surface area (Å²) in [5.74, 6) is 0.947. The van der Waals surface area contributed by atoms with E-state index in [4.69, 9.17) is 9.47 Å². The van der Waals surface area contributed by atoms with Crippen LogP contribution in [-0.2, 0) is 17.6 Å². The van der Waals surface area contributed by atoms with Crippen molar-refractivity contribution in [1.29, 1.82) is 0 Å². The molecule has 2 aromatic rings. The first kappa shape index (κ1) is 19.9. The topological polar surface area (TPSA) is 72.8 Å². The fourth-order valence-corrected chi connectivity index (χ4v) is 3.60. The minimum Gasteiger partial charge on any atom is -0.493 e. The summed E-state index contributed by atoms with van der Waals surface area (Å²) in [7, 11) is 1.45. The number of piperidine rings is 1. The molecule has 0 spiro atoms. The molecule has 4 rings (SSSR count). The number of carbonyl (C=O) groups excluding carboxylic acids is 1. The zero-order valence-electron chi connectivity index (χ0n) is 16.0. The number of nitrogens with zero attached hydrogens (tertiary/aromatic N) is 2. The van der Waals surface area contributed by atoms with E-state index in [9.17, 15) is 18.0 Å². The van der Waals surface area contributed by atoms with E-state index in [1.807, 2.05) is 6.08 Å². The number of amides is 1. The van der Waals surface area contributed by atoms with Gasteiger partial charge in [-0.15, -0.1) is 0 Å². The SMILES string of the molecule is COc1cc(C2CC(=O)NC3=NCC=C32)ccc1OCc1ncccc1C(F)(F)F. The molecule has 156 valence electrons. The number of amidine groups is 1. The van der Waals surface area contributed by atoms with Gasteiger partial charge in [-0.2, -0.15) is 13.2 Å². The molecule has 2 aliphatic heterocycles. The van der Waals surface area contributed by atoms with E-state index in [0.717, 1.165) is 17.2 Å². The maximum Gasteiger partial charge on any atom is 0.418 e. The third kappa shape index (κ3) is 3.87. The predicted molar refractivity (Wildman–Crippen MR) is 102 cm³/mol. The molecule has 6 nitrogen and oxygen atoms in total. The normalized spacial score (nSPS) is 18.3. The first-order valence-corrected chi connectivity index (χ1v) is 9.23. The quantitative estimate of drug-likeness (QED) is 0.807. The zero-order valence-corrected chi connectivity index (χ0v) is 16.0. The number of hydrogen-bond acceptors (Lipinski definition) is 5. The Labute approximate surface area is 170 Å². The molecule has 0 radical (unpaired) electrons. The molecule has 1 aromatic carbocycles. The van der Waals surface area contributed by atoms with E-state index in [2.05, 4.69) is 15.3 Å². The number of ether oxygens (including phenoxy) is 2. The van der Waals surface area contributed by atoms with Crippen molar-refractivity contribution >= 4 is 11.7 Å². The van der Waals surface area contributed by atoms with Gasteiger partial charge in [0.15, 0.2) is 11.5 Å². The lowest BCUT2D eigenvalue weighted by Crippen LogP contribution is -2.38. The summed E-state index contributed by atoms with van der Waals surface area (Å²) >= 11 is 0. The largest absolute Gasteiger partial charge is 0.493 e. The molecular formula is C21H18F3N3O3. The molecule has 0 bridgehead atoms. The summed E-state index contributed by atoms with van der Waals surface area (Å²) in [6, 6.07) is 7.34. The molecule has 1 N–H and O–H groups in total. The Bertz CT molecular complexity index is 1050. The lowest BCUT2D eigenvalue weighted by atomic mass is 9.85. The molecule has 1 unspecified atom stereocenters. The van der Waals surface area contributed by atoms with E-state index >= 15 is 0 Å². The number of rotatable bonds is 5. The van der Waals surface area contributed by atoms with E-state index in [1.165, 1.54) is 19.4 Å². The highest BCUT2D eigenvalue weighted by atomic mass is 19.4. The van der Waals surface area contributed by atoms with Gasteiger partial charge >= 0.3 is 6.18 Å². The number of halogens is 3. The van der Waals surface area contributed by atoms with Crippen LogP contribution in [0.2, 0.25) is 0 Å². The number of alkyl halides is 3. The lowest BCUT2D eigenvalue weighted by molar-refractivity contribution is -0.138. The lowest BCUT2D eigenvalue weighted by Gasteiger charge is -2.26. The summed E-state index contributed by atoms with van der Waals surface area (Å²) in [5, 5.41) is 2.76. The summed E-state index contributed by atoms with van der Waals surface area (Å²) in [6.07, 6.45) is -0.985. The molecule has 0 saturated carbocycles. The van der Waals surface area contributed by atoms with Gasteiger partial charge < -0.3 is 14.8 Å². The van der Waals surface area contributed by atoms with Gasteiger partial charge in [-0.1, -0.05) is 12.1 Å². The Kier molecular flexibility index (Phi) is 5.19.